The Morgan fingerprint density at radius 1 is 1.37 bits per heavy atom. The fourth-order valence-corrected chi connectivity index (χ4v) is 2.70. The molecule has 0 radical (unpaired) electrons. The maximum atomic E-state index is 11.2. The Bertz CT molecular complexity index is 582. The second-order valence-corrected chi connectivity index (χ2v) is 6.10. The molecule has 0 atom stereocenters. The lowest BCUT2D eigenvalue weighted by Gasteiger charge is -2.04. The van der Waals surface area contributed by atoms with Gasteiger partial charge in [-0.05, 0) is 36.6 Å². The monoisotopic (exact) mass is 320 g/mol. The molecule has 1 aromatic heterocycles. The van der Waals surface area contributed by atoms with E-state index in [9.17, 15) is 4.79 Å². The van der Waals surface area contributed by atoms with Crippen molar-refractivity contribution in [3.8, 4) is 11.3 Å². The third kappa shape index (κ3) is 3.32. The Balaban J connectivity index is 2.48. The number of aryl methyl sites for hydroxylation is 1. The molecule has 0 aliphatic heterocycles. The number of nitrogens with zero attached hydrogens (tertiary/aromatic N) is 2. The third-order valence-electron chi connectivity index (χ3n) is 2.78. The molecule has 0 aliphatic rings. The highest BCUT2D eigenvalue weighted by Crippen LogP contribution is 2.26. The highest BCUT2D eigenvalue weighted by molar-refractivity contribution is 9.10. The summed E-state index contributed by atoms with van der Waals surface area (Å²) in [4.78, 5) is 11.2. The Labute approximate surface area is 121 Å². The predicted molar refractivity (Wildman–Crippen MR) is 80.3 cm³/mol. The predicted octanol–water partition coefficient (Wildman–Crippen LogP) is 4.09. The van der Waals surface area contributed by atoms with Gasteiger partial charge < -0.3 is 0 Å². The summed E-state index contributed by atoms with van der Waals surface area (Å²) in [6.07, 6.45) is 2.69. The van der Waals surface area contributed by atoms with Crippen LogP contribution >= 0.6 is 15.9 Å². The van der Waals surface area contributed by atoms with Gasteiger partial charge in [0.1, 0.15) is 5.69 Å². The molecule has 0 bridgehead atoms. The summed E-state index contributed by atoms with van der Waals surface area (Å²) in [7, 11) is 0. The van der Waals surface area contributed by atoms with Crippen LogP contribution in [-0.4, -0.2) is 16.1 Å². The highest BCUT2D eigenvalue weighted by atomic mass is 79.9. The van der Waals surface area contributed by atoms with Crippen molar-refractivity contribution >= 4 is 22.2 Å². The Kier molecular flexibility index (Phi) is 4.20. The molecule has 0 fully saturated rings. The molecule has 2 aromatic rings. The number of carbonyl (C=O) groups excluding carboxylic acids is 1. The average molecular weight is 321 g/mol. The molecule has 0 N–H and O–H groups in total. The molecule has 3 nitrogen and oxygen atoms in total. The summed E-state index contributed by atoms with van der Waals surface area (Å²) in [6.45, 7) is 7.10. The maximum absolute atomic E-state index is 11.2. The van der Waals surface area contributed by atoms with Crippen molar-refractivity contribution in [3.05, 3.63) is 40.0 Å². The van der Waals surface area contributed by atoms with E-state index in [2.05, 4.69) is 34.9 Å². The normalized spacial score (nSPS) is 11.0. The molecular formula is C15H17BrN2O. The van der Waals surface area contributed by atoms with Gasteiger partial charge in [0, 0.05) is 22.8 Å². The maximum Gasteiger partial charge on any atom is 0.153 e. The number of aldehydes is 1. The van der Waals surface area contributed by atoms with Crippen LogP contribution in [0.4, 0.5) is 0 Å². The molecule has 19 heavy (non-hydrogen) atoms. The number of hydrogen-bond acceptors (Lipinski definition) is 2. The molecule has 1 aromatic carbocycles. The van der Waals surface area contributed by atoms with E-state index >= 15 is 0 Å². The molecule has 100 valence electrons. The number of aromatic nitrogens is 2. The van der Waals surface area contributed by atoms with Gasteiger partial charge in [0.15, 0.2) is 6.29 Å². The lowest BCUT2D eigenvalue weighted by molar-refractivity contribution is 0.112. The van der Waals surface area contributed by atoms with Gasteiger partial charge in [-0.1, -0.05) is 29.8 Å². The van der Waals surface area contributed by atoms with Crippen molar-refractivity contribution in [2.75, 3.05) is 0 Å². The molecule has 4 heteroatoms. The first-order valence-electron chi connectivity index (χ1n) is 6.30. The molecule has 0 saturated heterocycles. The molecule has 0 spiro atoms. The number of hydrogen-bond donors (Lipinski definition) is 0. The molecule has 0 amide bonds. The van der Waals surface area contributed by atoms with Crippen LogP contribution in [0.15, 0.2) is 28.9 Å². The minimum absolute atomic E-state index is 0.497. The van der Waals surface area contributed by atoms with E-state index in [1.165, 1.54) is 0 Å². The number of halogens is 1. The summed E-state index contributed by atoms with van der Waals surface area (Å²) in [6, 6.07) is 6.07. The van der Waals surface area contributed by atoms with E-state index < -0.39 is 0 Å². The van der Waals surface area contributed by atoms with Gasteiger partial charge in [-0.2, -0.15) is 5.10 Å². The highest BCUT2D eigenvalue weighted by Gasteiger charge is 2.12. The van der Waals surface area contributed by atoms with Gasteiger partial charge in [0.25, 0.3) is 0 Å². The lowest BCUT2D eigenvalue weighted by atomic mass is 10.1. The topological polar surface area (TPSA) is 34.9 Å². The Hall–Kier alpha value is -1.42. The van der Waals surface area contributed by atoms with Crippen molar-refractivity contribution in [1.82, 2.24) is 9.78 Å². The van der Waals surface area contributed by atoms with E-state index in [0.717, 1.165) is 34.1 Å². The zero-order chi connectivity index (χ0) is 14.0. The van der Waals surface area contributed by atoms with Gasteiger partial charge in [0.2, 0.25) is 0 Å². The van der Waals surface area contributed by atoms with Crippen molar-refractivity contribution < 1.29 is 4.79 Å². The van der Waals surface area contributed by atoms with Crippen LogP contribution in [0.5, 0.6) is 0 Å². The van der Waals surface area contributed by atoms with Gasteiger partial charge in [-0.15, -0.1) is 0 Å². The van der Waals surface area contributed by atoms with E-state index in [0.29, 0.717) is 11.5 Å². The standard InChI is InChI=1S/C15H17BrN2O/c1-10(2)7-18-8-13(9-19)15(17-18)12-4-11(3)5-14(16)6-12/h4-6,8-10H,7H2,1-3H3. The molecule has 2 rings (SSSR count). The first-order valence-corrected chi connectivity index (χ1v) is 7.09. The first-order chi connectivity index (χ1) is 8.99. The fourth-order valence-electron chi connectivity index (χ4n) is 2.09. The number of carbonyl (C=O) groups is 1. The summed E-state index contributed by atoms with van der Waals surface area (Å²) in [5.74, 6) is 0.497. The van der Waals surface area contributed by atoms with Crippen molar-refractivity contribution in [1.29, 1.82) is 0 Å². The minimum atomic E-state index is 0.497. The van der Waals surface area contributed by atoms with Crippen LogP contribution in [0.1, 0.15) is 29.8 Å². The third-order valence-corrected chi connectivity index (χ3v) is 3.24. The van der Waals surface area contributed by atoms with Crippen LogP contribution in [0.3, 0.4) is 0 Å². The number of rotatable bonds is 4. The van der Waals surface area contributed by atoms with E-state index in [4.69, 9.17) is 0 Å². The summed E-state index contributed by atoms with van der Waals surface area (Å²) < 4.78 is 2.85. The summed E-state index contributed by atoms with van der Waals surface area (Å²) in [5, 5.41) is 4.54. The van der Waals surface area contributed by atoms with Crippen LogP contribution in [-0.2, 0) is 6.54 Å². The van der Waals surface area contributed by atoms with Gasteiger partial charge in [0.05, 0.1) is 5.56 Å². The Morgan fingerprint density at radius 2 is 2.11 bits per heavy atom. The quantitative estimate of drug-likeness (QED) is 0.795. The molecule has 0 unspecified atom stereocenters. The van der Waals surface area contributed by atoms with E-state index in [1.54, 1.807) is 0 Å². The fraction of sp³-hybridized carbons (Fsp3) is 0.333. The molecular weight excluding hydrogens is 304 g/mol. The van der Waals surface area contributed by atoms with Gasteiger partial charge >= 0.3 is 0 Å². The lowest BCUT2D eigenvalue weighted by Crippen LogP contribution is -2.04. The van der Waals surface area contributed by atoms with Gasteiger partial charge in [-0.3, -0.25) is 9.48 Å². The van der Waals surface area contributed by atoms with Gasteiger partial charge in [-0.25, -0.2) is 0 Å². The number of benzene rings is 1. The van der Waals surface area contributed by atoms with Crippen molar-refractivity contribution in [3.63, 3.8) is 0 Å². The van der Waals surface area contributed by atoms with Crippen molar-refractivity contribution in [2.24, 2.45) is 5.92 Å². The molecule has 1 heterocycles. The van der Waals surface area contributed by atoms with Crippen LogP contribution in [0.2, 0.25) is 0 Å². The van der Waals surface area contributed by atoms with Crippen LogP contribution in [0, 0.1) is 12.8 Å². The van der Waals surface area contributed by atoms with Crippen molar-refractivity contribution in [2.45, 2.75) is 27.3 Å². The van der Waals surface area contributed by atoms with Crippen LogP contribution < -0.4 is 0 Å². The summed E-state index contributed by atoms with van der Waals surface area (Å²) in [5.41, 5.74) is 3.49. The molecule has 0 aliphatic carbocycles. The smallest absolute Gasteiger partial charge is 0.153 e. The SMILES string of the molecule is Cc1cc(Br)cc(-c2nn(CC(C)C)cc2C=O)c1. The largest absolute Gasteiger partial charge is 0.298 e. The van der Waals surface area contributed by atoms with E-state index in [1.807, 2.05) is 36.0 Å². The minimum Gasteiger partial charge on any atom is -0.298 e. The summed E-state index contributed by atoms with van der Waals surface area (Å²) >= 11 is 3.48. The average Bonchev–Trinajstić information content (AvgIpc) is 2.69. The van der Waals surface area contributed by atoms with Crippen LogP contribution in [0.25, 0.3) is 11.3 Å². The molecule has 0 saturated carbocycles. The first kappa shape index (κ1) is 14.0. The van der Waals surface area contributed by atoms with E-state index in [-0.39, 0.29) is 0 Å². The second-order valence-electron chi connectivity index (χ2n) is 5.18. The Morgan fingerprint density at radius 3 is 2.68 bits per heavy atom. The zero-order valence-corrected chi connectivity index (χ0v) is 12.9. The zero-order valence-electron chi connectivity index (χ0n) is 11.4. The second kappa shape index (κ2) is 5.70.